The minimum absolute atomic E-state index is 0.575. The van der Waals surface area contributed by atoms with E-state index < -0.39 is 16.3 Å². The van der Waals surface area contributed by atoms with Gasteiger partial charge in [0, 0.05) is 0 Å². The van der Waals surface area contributed by atoms with Crippen molar-refractivity contribution in [2.75, 3.05) is 0 Å². The monoisotopic (exact) mass is 202 g/mol. The molecule has 0 spiro atoms. The number of hydrogen-bond acceptors (Lipinski definition) is 1. The zero-order valence-electron chi connectivity index (χ0n) is 6.55. The molecule has 66 valence electrons. The van der Waals surface area contributed by atoms with Gasteiger partial charge in [0.25, 0.3) is 7.14 Å². The highest BCUT2D eigenvalue weighted by atomic mass is 31.4. The molecule has 0 unspecified atom stereocenters. The molecule has 0 amide bonds. The molecule has 0 radical (unpaired) electrons. The molecule has 0 heterocycles. The van der Waals surface area contributed by atoms with Crippen molar-refractivity contribution >= 4 is 16.3 Å². The second-order valence-corrected chi connectivity index (χ2v) is 8.71. The lowest BCUT2D eigenvalue weighted by Gasteiger charge is -2.01. The Morgan fingerprint density at radius 3 is 2.33 bits per heavy atom. The summed E-state index contributed by atoms with van der Waals surface area (Å²) in [5, 5.41) is 0. The Labute approximate surface area is 73.3 Å². The summed E-state index contributed by atoms with van der Waals surface area (Å²) in [5.74, 6) is 0. The lowest BCUT2D eigenvalue weighted by Crippen LogP contribution is -1.97. The first-order chi connectivity index (χ1) is 5.58. The molecular weight excluding hydrogens is 191 g/mol. The van der Waals surface area contributed by atoms with Gasteiger partial charge in [-0.15, -0.1) is 0 Å². The lowest BCUT2D eigenvalue weighted by atomic mass is 10.2. The number of benzene rings is 1. The fraction of sp³-hybridized carbons (Fsp3) is 0.143. The quantitative estimate of drug-likeness (QED) is 0.552. The summed E-state index contributed by atoms with van der Waals surface area (Å²) in [4.78, 5) is 17.3. The fourth-order valence-electron chi connectivity index (χ4n) is 0.919. The maximum absolute atomic E-state index is 10.6. The van der Waals surface area contributed by atoms with Gasteiger partial charge in [-0.1, -0.05) is 35.9 Å². The van der Waals surface area contributed by atoms with Gasteiger partial charge in [0.15, 0.2) is 9.19 Å². The first-order valence-electron chi connectivity index (χ1n) is 3.66. The van der Waals surface area contributed by atoms with Gasteiger partial charge in [-0.05, 0) is 6.04 Å². The number of hydrogen-bond donors (Lipinski definition) is 2. The highest BCUT2D eigenvalue weighted by molar-refractivity contribution is 7.81. The van der Waals surface area contributed by atoms with Crippen molar-refractivity contribution in [3.8, 4) is 0 Å². The summed E-state index contributed by atoms with van der Waals surface area (Å²) in [6.45, 7) is 0. The minimum atomic E-state index is -3.69. The van der Waals surface area contributed by atoms with E-state index in [-0.39, 0.29) is 0 Å². The summed E-state index contributed by atoms with van der Waals surface area (Å²) < 4.78 is 10.6. The molecule has 0 aliphatic heterocycles. The zero-order chi connectivity index (χ0) is 9.03. The normalized spacial score (nSPS) is 12.5. The second kappa shape index (κ2) is 4.01. The molecule has 0 atom stereocenters. The Morgan fingerprint density at radius 2 is 1.83 bits per heavy atom. The van der Waals surface area contributed by atoms with Crippen LogP contribution in [0.2, 0.25) is 0 Å². The third kappa shape index (κ3) is 3.83. The first kappa shape index (κ1) is 9.67. The van der Waals surface area contributed by atoms with E-state index >= 15 is 0 Å². The van der Waals surface area contributed by atoms with Crippen LogP contribution in [-0.2, 0) is 10.6 Å². The van der Waals surface area contributed by atoms with Crippen LogP contribution >= 0.6 is 7.14 Å². The van der Waals surface area contributed by atoms with Crippen LogP contribution in [0.1, 0.15) is 5.56 Å². The molecule has 5 heteroatoms. The van der Waals surface area contributed by atoms with E-state index in [0.29, 0.717) is 6.04 Å². The van der Waals surface area contributed by atoms with Crippen LogP contribution in [0.3, 0.4) is 0 Å². The van der Waals surface area contributed by atoms with Crippen LogP contribution in [0.25, 0.3) is 0 Å². The standard InChI is InChI=1S/C7H11O3PSi/c8-11(9,10)12-6-7-4-2-1-3-5-7/h1-5H,6,12H2,(H2,8,9,10). The molecular formula is C7H11O3PSi. The van der Waals surface area contributed by atoms with E-state index in [1.807, 2.05) is 30.3 Å². The SMILES string of the molecule is O=P(O)(O)[SiH2]Cc1ccccc1. The van der Waals surface area contributed by atoms with E-state index in [9.17, 15) is 4.57 Å². The van der Waals surface area contributed by atoms with Crippen LogP contribution in [0, 0.1) is 0 Å². The largest absolute Gasteiger partial charge is 0.329 e. The van der Waals surface area contributed by atoms with Crippen molar-refractivity contribution in [1.82, 2.24) is 0 Å². The molecule has 0 bridgehead atoms. The van der Waals surface area contributed by atoms with E-state index in [2.05, 4.69) is 0 Å². The Kier molecular flexibility index (Phi) is 3.23. The summed E-state index contributed by atoms with van der Waals surface area (Å²) >= 11 is 0. The lowest BCUT2D eigenvalue weighted by molar-refractivity contribution is 0.393. The molecule has 0 aliphatic rings. The number of rotatable bonds is 3. The van der Waals surface area contributed by atoms with Gasteiger partial charge in [0.2, 0.25) is 0 Å². The molecule has 3 nitrogen and oxygen atoms in total. The average molecular weight is 202 g/mol. The van der Waals surface area contributed by atoms with Gasteiger partial charge in [0.05, 0.1) is 0 Å². The minimum Gasteiger partial charge on any atom is -0.329 e. The van der Waals surface area contributed by atoms with E-state index in [1.54, 1.807) is 0 Å². The maximum Gasteiger partial charge on any atom is 0.285 e. The van der Waals surface area contributed by atoms with Crippen molar-refractivity contribution in [3.05, 3.63) is 35.9 Å². The summed E-state index contributed by atoms with van der Waals surface area (Å²) in [5.41, 5.74) is 1.02. The molecule has 1 aromatic rings. The zero-order valence-corrected chi connectivity index (χ0v) is 8.86. The van der Waals surface area contributed by atoms with Crippen molar-refractivity contribution in [3.63, 3.8) is 0 Å². The van der Waals surface area contributed by atoms with Crippen LogP contribution in [0.4, 0.5) is 0 Å². The molecule has 0 saturated carbocycles. The summed E-state index contributed by atoms with van der Waals surface area (Å²) in [6, 6.07) is 10.0. The molecule has 1 aromatic carbocycles. The van der Waals surface area contributed by atoms with Gasteiger partial charge in [-0.25, -0.2) is 0 Å². The van der Waals surface area contributed by atoms with Crippen molar-refractivity contribution < 1.29 is 14.4 Å². The van der Waals surface area contributed by atoms with Crippen molar-refractivity contribution in [2.45, 2.75) is 6.04 Å². The Bertz CT molecular complexity index is 282. The van der Waals surface area contributed by atoms with Gasteiger partial charge in [0.1, 0.15) is 0 Å². The van der Waals surface area contributed by atoms with Gasteiger partial charge in [-0.3, -0.25) is 4.57 Å². The third-order valence-electron chi connectivity index (χ3n) is 1.53. The fourth-order valence-corrected chi connectivity index (χ4v) is 3.45. The topological polar surface area (TPSA) is 57.5 Å². The molecule has 0 aliphatic carbocycles. The smallest absolute Gasteiger partial charge is 0.285 e. The molecule has 12 heavy (non-hydrogen) atoms. The molecule has 2 N–H and O–H groups in total. The van der Waals surface area contributed by atoms with Crippen molar-refractivity contribution in [2.24, 2.45) is 0 Å². The molecule has 0 fully saturated rings. The van der Waals surface area contributed by atoms with Crippen LogP contribution < -0.4 is 0 Å². The average Bonchev–Trinajstić information content (AvgIpc) is 2.02. The highest BCUT2D eigenvalue weighted by Gasteiger charge is 2.12. The van der Waals surface area contributed by atoms with E-state index in [0.717, 1.165) is 5.56 Å². The van der Waals surface area contributed by atoms with Gasteiger partial charge >= 0.3 is 0 Å². The summed E-state index contributed by atoms with van der Waals surface area (Å²) in [6.07, 6.45) is 0. The summed E-state index contributed by atoms with van der Waals surface area (Å²) in [7, 11) is -4.97. The molecule has 0 aromatic heterocycles. The van der Waals surface area contributed by atoms with Gasteiger partial charge in [-0.2, -0.15) is 0 Å². The molecule has 1 rings (SSSR count). The van der Waals surface area contributed by atoms with Crippen LogP contribution in [-0.4, -0.2) is 19.0 Å². The van der Waals surface area contributed by atoms with Gasteiger partial charge < -0.3 is 9.79 Å². The Morgan fingerprint density at radius 1 is 1.25 bits per heavy atom. The Hall–Kier alpha value is -0.413. The first-order valence-corrected chi connectivity index (χ1v) is 8.36. The van der Waals surface area contributed by atoms with Crippen LogP contribution in [0.5, 0.6) is 0 Å². The van der Waals surface area contributed by atoms with Crippen molar-refractivity contribution in [1.29, 1.82) is 0 Å². The predicted octanol–water partition coefficient (Wildman–Crippen LogP) is 0.448. The van der Waals surface area contributed by atoms with E-state index in [1.165, 1.54) is 0 Å². The maximum atomic E-state index is 10.6. The highest BCUT2D eigenvalue weighted by Crippen LogP contribution is 2.32. The third-order valence-corrected chi connectivity index (χ3v) is 5.34. The molecule has 0 saturated heterocycles. The van der Waals surface area contributed by atoms with Crippen LogP contribution in [0.15, 0.2) is 30.3 Å². The Balaban J connectivity index is 2.50. The predicted molar refractivity (Wildman–Crippen MR) is 50.7 cm³/mol. The van der Waals surface area contributed by atoms with E-state index in [4.69, 9.17) is 9.79 Å². The second-order valence-electron chi connectivity index (χ2n) is 2.62.